The van der Waals surface area contributed by atoms with Crippen LogP contribution < -0.4 is 11.2 Å². The molecule has 1 aliphatic rings. The highest BCUT2D eigenvalue weighted by molar-refractivity contribution is 9.18. The summed E-state index contributed by atoms with van der Waals surface area (Å²) in [5, 5.41) is 8.91. The molecular formula is C14H20BrN3O3. The van der Waals surface area contributed by atoms with Gasteiger partial charge < -0.3 is 5.11 Å². The lowest BCUT2D eigenvalue weighted by Gasteiger charge is -2.18. The second kappa shape index (κ2) is 6.70. The van der Waals surface area contributed by atoms with Crippen molar-refractivity contribution in [3.8, 4) is 0 Å². The summed E-state index contributed by atoms with van der Waals surface area (Å²) in [4.78, 5) is 29.3. The van der Waals surface area contributed by atoms with Gasteiger partial charge in [-0.3, -0.25) is 13.9 Å². The SMILES string of the molecule is CC1CCCc2c(n(C)c(=O)n(CCCO)c2=O)/N=C\1Br. The minimum Gasteiger partial charge on any atom is -0.396 e. The lowest BCUT2D eigenvalue weighted by atomic mass is 10.0. The van der Waals surface area contributed by atoms with Gasteiger partial charge in [-0.15, -0.1) is 0 Å². The fourth-order valence-corrected chi connectivity index (χ4v) is 2.92. The summed E-state index contributed by atoms with van der Waals surface area (Å²) in [7, 11) is 1.63. The van der Waals surface area contributed by atoms with Gasteiger partial charge in [0.2, 0.25) is 0 Å². The average molecular weight is 358 g/mol. The molecule has 0 aliphatic carbocycles. The Balaban J connectivity index is 2.66. The molecular weight excluding hydrogens is 338 g/mol. The Morgan fingerprint density at radius 1 is 1.43 bits per heavy atom. The van der Waals surface area contributed by atoms with Gasteiger partial charge in [-0.1, -0.05) is 6.92 Å². The lowest BCUT2D eigenvalue weighted by Crippen LogP contribution is -2.41. The molecule has 0 spiro atoms. The molecule has 0 saturated carbocycles. The molecule has 0 fully saturated rings. The van der Waals surface area contributed by atoms with Crippen molar-refractivity contribution < 1.29 is 5.11 Å². The molecule has 0 amide bonds. The van der Waals surface area contributed by atoms with E-state index in [4.69, 9.17) is 5.11 Å². The Hall–Kier alpha value is -1.21. The zero-order valence-electron chi connectivity index (χ0n) is 12.3. The molecule has 1 N–H and O–H groups in total. The fraction of sp³-hybridized carbons (Fsp3) is 0.643. The molecule has 7 heteroatoms. The summed E-state index contributed by atoms with van der Waals surface area (Å²) in [6, 6.07) is 0. The molecule has 0 aromatic carbocycles. The van der Waals surface area contributed by atoms with Crippen LogP contribution in [0.15, 0.2) is 14.6 Å². The van der Waals surface area contributed by atoms with E-state index in [1.165, 1.54) is 9.13 Å². The predicted octanol–water partition coefficient (Wildman–Crippen LogP) is 1.33. The van der Waals surface area contributed by atoms with E-state index in [9.17, 15) is 9.59 Å². The van der Waals surface area contributed by atoms with Gasteiger partial charge in [-0.25, -0.2) is 9.79 Å². The van der Waals surface area contributed by atoms with E-state index in [-0.39, 0.29) is 30.3 Å². The number of fused-ring (bicyclic) bond motifs is 1. The molecule has 1 aromatic heterocycles. The summed E-state index contributed by atoms with van der Waals surface area (Å²) in [5.41, 5.74) is -0.0801. The van der Waals surface area contributed by atoms with Crippen LogP contribution in [0.5, 0.6) is 0 Å². The van der Waals surface area contributed by atoms with Crippen LogP contribution in [0.3, 0.4) is 0 Å². The van der Waals surface area contributed by atoms with Crippen LogP contribution in [-0.2, 0) is 20.0 Å². The molecule has 1 aliphatic heterocycles. The average Bonchev–Trinajstić information content (AvgIpc) is 2.45. The van der Waals surface area contributed by atoms with Gasteiger partial charge in [0.1, 0.15) is 5.82 Å². The Kier molecular flexibility index (Phi) is 5.16. The van der Waals surface area contributed by atoms with Crippen molar-refractivity contribution in [1.29, 1.82) is 0 Å². The van der Waals surface area contributed by atoms with Crippen molar-refractivity contribution in [1.82, 2.24) is 9.13 Å². The van der Waals surface area contributed by atoms with Crippen LogP contribution in [0.25, 0.3) is 0 Å². The maximum absolute atomic E-state index is 12.5. The first-order valence-corrected chi connectivity index (χ1v) is 7.94. The summed E-state index contributed by atoms with van der Waals surface area (Å²) < 4.78 is 3.39. The van der Waals surface area contributed by atoms with E-state index in [0.717, 1.165) is 17.5 Å². The van der Waals surface area contributed by atoms with Gasteiger partial charge in [0.05, 0.1) is 10.2 Å². The van der Waals surface area contributed by atoms with E-state index < -0.39 is 0 Å². The van der Waals surface area contributed by atoms with Crippen molar-refractivity contribution in [2.24, 2.45) is 18.0 Å². The fourth-order valence-electron chi connectivity index (χ4n) is 2.52. The first kappa shape index (κ1) is 16.2. The summed E-state index contributed by atoms with van der Waals surface area (Å²) in [6.45, 7) is 2.25. The van der Waals surface area contributed by atoms with E-state index in [1.54, 1.807) is 7.05 Å². The standard InChI is InChI=1S/C14H20BrN3O3/c1-9-5-3-6-10-12(16-11(9)15)17(2)14(21)18(13(10)20)7-4-8-19/h9,19H,3-8H2,1-2H3/b16-11+. The lowest BCUT2D eigenvalue weighted by molar-refractivity contribution is 0.277. The molecule has 1 atom stereocenters. The van der Waals surface area contributed by atoms with E-state index in [1.807, 2.05) is 0 Å². The summed E-state index contributed by atoms with van der Waals surface area (Å²) >= 11 is 3.44. The first-order valence-electron chi connectivity index (χ1n) is 7.15. The topological polar surface area (TPSA) is 76.6 Å². The number of hydrogen-bond donors (Lipinski definition) is 1. The quantitative estimate of drug-likeness (QED) is 0.886. The second-order valence-electron chi connectivity index (χ2n) is 5.41. The number of aliphatic imine (C=N–C) groups is 1. The first-order chi connectivity index (χ1) is 9.97. The number of aliphatic hydroxyl groups is 1. The third-order valence-corrected chi connectivity index (χ3v) is 4.79. The smallest absolute Gasteiger partial charge is 0.332 e. The van der Waals surface area contributed by atoms with E-state index in [0.29, 0.717) is 24.2 Å². The molecule has 0 radical (unpaired) electrons. The Morgan fingerprint density at radius 3 is 2.81 bits per heavy atom. The highest BCUT2D eigenvalue weighted by Crippen LogP contribution is 2.25. The number of hydrogen-bond acceptors (Lipinski definition) is 4. The van der Waals surface area contributed by atoms with Crippen LogP contribution in [0, 0.1) is 5.92 Å². The van der Waals surface area contributed by atoms with Crippen LogP contribution >= 0.6 is 15.9 Å². The van der Waals surface area contributed by atoms with Gasteiger partial charge in [-0.2, -0.15) is 0 Å². The number of aromatic nitrogens is 2. The Morgan fingerprint density at radius 2 is 2.14 bits per heavy atom. The Labute approximate surface area is 131 Å². The van der Waals surface area contributed by atoms with Crippen LogP contribution in [0.1, 0.15) is 31.7 Å². The van der Waals surface area contributed by atoms with Gasteiger partial charge in [0, 0.05) is 26.1 Å². The zero-order chi connectivity index (χ0) is 15.6. The summed E-state index contributed by atoms with van der Waals surface area (Å²) in [6.07, 6.45) is 2.84. The molecule has 2 heterocycles. The molecule has 116 valence electrons. The van der Waals surface area contributed by atoms with Gasteiger partial charge in [0.15, 0.2) is 0 Å². The van der Waals surface area contributed by atoms with Crippen LogP contribution in [0.4, 0.5) is 5.82 Å². The Bertz CT molecular complexity index is 675. The second-order valence-corrected chi connectivity index (χ2v) is 6.22. The van der Waals surface area contributed by atoms with Gasteiger partial charge in [-0.05, 0) is 41.6 Å². The van der Waals surface area contributed by atoms with Crippen molar-refractivity contribution >= 4 is 26.4 Å². The number of halogens is 1. The number of rotatable bonds is 3. The molecule has 2 rings (SSSR count). The molecule has 0 saturated heterocycles. The predicted molar refractivity (Wildman–Crippen MR) is 85.8 cm³/mol. The van der Waals surface area contributed by atoms with Gasteiger partial charge in [0.25, 0.3) is 5.56 Å². The molecule has 1 unspecified atom stereocenters. The molecule has 6 nitrogen and oxygen atoms in total. The number of nitrogens with zero attached hydrogens (tertiary/aromatic N) is 3. The maximum Gasteiger partial charge on any atom is 0.332 e. The van der Waals surface area contributed by atoms with E-state index in [2.05, 4.69) is 27.8 Å². The van der Waals surface area contributed by atoms with E-state index >= 15 is 0 Å². The monoisotopic (exact) mass is 357 g/mol. The zero-order valence-corrected chi connectivity index (χ0v) is 13.9. The number of aliphatic hydroxyl groups excluding tert-OH is 1. The minimum absolute atomic E-state index is 0.0477. The van der Waals surface area contributed by atoms with Crippen molar-refractivity contribution in [2.45, 2.75) is 39.2 Å². The maximum atomic E-state index is 12.5. The van der Waals surface area contributed by atoms with Gasteiger partial charge >= 0.3 is 5.69 Å². The summed E-state index contributed by atoms with van der Waals surface area (Å²) in [5.74, 6) is 0.730. The van der Waals surface area contributed by atoms with Crippen molar-refractivity contribution in [3.05, 3.63) is 26.4 Å². The highest BCUT2D eigenvalue weighted by Gasteiger charge is 2.20. The van der Waals surface area contributed by atoms with Crippen molar-refractivity contribution in [3.63, 3.8) is 0 Å². The molecule has 1 aromatic rings. The largest absolute Gasteiger partial charge is 0.396 e. The molecule has 0 bridgehead atoms. The third-order valence-electron chi connectivity index (χ3n) is 3.83. The molecule has 21 heavy (non-hydrogen) atoms. The highest BCUT2D eigenvalue weighted by atomic mass is 79.9. The van der Waals surface area contributed by atoms with Crippen molar-refractivity contribution in [2.75, 3.05) is 6.61 Å². The third kappa shape index (κ3) is 3.18. The van der Waals surface area contributed by atoms with Crippen LogP contribution in [0.2, 0.25) is 0 Å². The normalized spacial score (nSPS) is 21.1. The minimum atomic E-state index is -0.385. The van der Waals surface area contributed by atoms with Crippen LogP contribution in [-0.4, -0.2) is 25.5 Å².